The Morgan fingerprint density at radius 1 is 1.00 bits per heavy atom. The number of nitrogens with zero attached hydrogens (tertiary/aromatic N) is 1. The van der Waals surface area contributed by atoms with Crippen molar-refractivity contribution in [1.82, 2.24) is 4.98 Å². The fourth-order valence-corrected chi connectivity index (χ4v) is 3.04. The molecule has 1 amide bonds. The van der Waals surface area contributed by atoms with Crippen LogP contribution in [-0.4, -0.2) is 10.9 Å². The minimum Gasteiger partial charge on any atom is -0.456 e. The van der Waals surface area contributed by atoms with E-state index < -0.39 is 0 Å². The highest BCUT2D eigenvalue weighted by Gasteiger charge is 2.19. The first-order valence-electron chi connectivity index (χ1n) is 8.74. The molecule has 2 aromatic carbocycles. The molecule has 0 spiro atoms. The first kappa shape index (κ1) is 17.5. The highest BCUT2D eigenvalue weighted by atomic mass is 16.3. The van der Waals surface area contributed by atoms with Crippen LogP contribution in [-0.2, 0) is 11.2 Å². The average molecular weight is 371 g/mol. The zero-order valence-corrected chi connectivity index (χ0v) is 14.9. The number of anilines is 2. The SMILES string of the molecule is Nc1ncccc1NC(=O)Cc1c(-c2ccccc2)oc2ccccc2c1=O. The molecule has 6 nitrogen and oxygen atoms in total. The summed E-state index contributed by atoms with van der Waals surface area (Å²) in [6.07, 6.45) is 1.39. The van der Waals surface area contributed by atoms with Gasteiger partial charge in [-0.05, 0) is 24.3 Å². The third-order valence-corrected chi connectivity index (χ3v) is 4.38. The molecule has 0 aliphatic carbocycles. The molecule has 28 heavy (non-hydrogen) atoms. The summed E-state index contributed by atoms with van der Waals surface area (Å²) in [5.41, 5.74) is 7.46. The predicted octanol–water partition coefficient (Wildman–Crippen LogP) is 3.62. The molecule has 4 aromatic rings. The number of aromatic nitrogens is 1. The van der Waals surface area contributed by atoms with Crippen LogP contribution in [0.25, 0.3) is 22.3 Å². The summed E-state index contributed by atoms with van der Waals surface area (Å²) < 4.78 is 6.02. The van der Waals surface area contributed by atoms with Crippen LogP contribution in [0.2, 0.25) is 0 Å². The summed E-state index contributed by atoms with van der Waals surface area (Å²) in [7, 11) is 0. The van der Waals surface area contributed by atoms with E-state index >= 15 is 0 Å². The van der Waals surface area contributed by atoms with Crippen LogP contribution in [0, 0.1) is 0 Å². The van der Waals surface area contributed by atoms with Crippen molar-refractivity contribution < 1.29 is 9.21 Å². The second kappa shape index (κ2) is 7.36. The number of para-hydroxylation sites is 1. The Bertz CT molecular complexity index is 1220. The summed E-state index contributed by atoms with van der Waals surface area (Å²) >= 11 is 0. The van der Waals surface area contributed by atoms with Gasteiger partial charge in [0.05, 0.1) is 23.1 Å². The maximum absolute atomic E-state index is 13.1. The van der Waals surface area contributed by atoms with Gasteiger partial charge in [0.15, 0.2) is 5.43 Å². The molecule has 0 saturated carbocycles. The lowest BCUT2D eigenvalue weighted by atomic mass is 10.0. The van der Waals surface area contributed by atoms with E-state index in [0.717, 1.165) is 5.56 Å². The van der Waals surface area contributed by atoms with Crippen molar-refractivity contribution in [2.45, 2.75) is 6.42 Å². The monoisotopic (exact) mass is 371 g/mol. The number of benzene rings is 2. The molecule has 0 aliphatic heterocycles. The molecule has 2 heterocycles. The number of carbonyl (C=O) groups excluding carboxylic acids is 1. The van der Waals surface area contributed by atoms with Gasteiger partial charge in [-0.1, -0.05) is 42.5 Å². The number of pyridine rings is 1. The standard InChI is InChI=1S/C22H17N3O3/c23-22-17(10-6-12-24-22)25-19(26)13-16-20(27)15-9-4-5-11-18(15)28-21(16)14-7-2-1-3-8-14/h1-12H,13H2,(H2,23,24)(H,25,26). The van der Waals surface area contributed by atoms with Crippen molar-refractivity contribution in [3.05, 3.63) is 88.7 Å². The average Bonchev–Trinajstić information content (AvgIpc) is 2.72. The van der Waals surface area contributed by atoms with Gasteiger partial charge in [-0.15, -0.1) is 0 Å². The van der Waals surface area contributed by atoms with E-state index in [4.69, 9.17) is 10.2 Å². The van der Waals surface area contributed by atoms with Gasteiger partial charge >= 0.3 is 0 Å². The quantitative estimate of drug-likeness (QED) is 0.571. The molecule has 0 saturated heterocycles. The molecule has 0 unspecified atom stereocenters. The van der Waals surface area contributed by atoms with E-state index in [-0.39, 0.29) is 23.6 Å². The molecular weight excluding hydrogens is 354 g/mol. The molecule has 0 fully saturated rings. The third-order valence-electron chi connectivity index (χ3n) is 4.38. The maximum atomic E-state index is 13.1. The number of carbonyl (C=O) groups is 1. The predicted molar refractivity (Wildman–Crippen MR) is 109 cm³/mol. The third kappa shape index (κ3) is 3.35. The summed E-state index contributed by atoms with van der Waals surface area (Å²) in [5.74, 6) is 0.225. The van der Waals surface area contributed by atoms with Gasteiger partial charge < -0.3 is 15.5 Å². The van der Waals surface area contributed by atoms with Crippen LogP contribution in [0.4, 0.5) is 11.5 Å². The normalized spacial score (nSPS) is 10.7. The van der Waals surface area contributed by atoms with Crippen molar-refractivity contribution in [2.24, 2.45) is 0 Å². The lowest BCUT2D eigenvalue weighted by Crippen LogP contribution is -2.21. The number of nitrogen functional groups attached to an aromatic ring is 1. The second-order valence-electron chi connectivity index (χ2n) is 6.26. The van der Waals surface area contributed by atoms with E-state index in [0.29, 0.717) is 28.0 Å². The van der Waals surface area contributed by atoms with Crippen LogP contribution < -0.4 is 16.5 Å². The van der Waals surface area contributed by atoms with E-state index in [1.165, 1.54) is 6.20 Å². The first-order valence-corrected chi connectivity index (χ1v) is 8.74. The maximum Gasteiger partial charge on any atom is 0.229 e. The zero-order chi connectivity index (χ0) is 19.5. The molecule has 2 aromatic heterocycles. The van der Waals surface area contributed by atoms with Crippen molar-refractivity contribution in [2.75, 3.05) is 11.1 Å². The Balaban J connectivity index is 1.79. The zero-order valence-electron chi connectivity index (χ0n) is 14.9. The van der Waals surface area contributed by atoms with Crippen molar-refractivity contribution in [1.29, 1.82) is 0 Å². The summed E-state index contributed by atoms with van der Waals surface area (Å²) in [6, 6.07) is 19.6. The topological polar surface area (TPSA) is 98.2 Å². The van der Waals surface area contributed by atoms with Crippen LogP contribution >= 0.6 is 0 Å². The number of hydrogen-bond donors (Lipinski definition) is 2. The Kier molecular flexibility index (Phi) is 4.60. The van der Waals surface area contributed by atoms with Crippen LogP contribution in [0.1, 0.15) is 5.56 Å². The Morgan fingerprint density at radius 2 is 1.75 bits per heavy atom. The molecule has 3 N–H and O–H groups in total. The Hall–Kier alpha value is -3.93. The smallest absolute Gasteiger partial charge is 0.229 e. The summed E-state index contributed by atoms with van der Waals surface area (Å²) in [5, 5.41) is 3.14. The lowest BCUT2D eigenvalue weighted by molar-refractivity contribution is -0.115. The molecule has 0 radical (unpaired) electrons. The van der Waals surface area contributed by atoms with E-state index in [1.54, 1.807) is 36.4 Å². The first-order chi connectivity index (χ1) is 13.6. The van der Waals surface area contributed by atoms with Gasteiger partial charge in [0, 0.05) is 11.8 Å². The van der Waals surface area contributed by atoms with E-state index in [1.807, 2.05) is 30.3 Å². The minimum absolute atomic E-state index is 0.147. The second-order valence-corrected chi connectivity index (χ2v) is 6.26. The van der Waals surface area contributed by atoms with Gasteiger partial charge in [-0.3, -0.25) is 9.59 Å². The number of nitrogens with one attached hydrogen (secondary N) is 1. The highest BCUT2D eigenvalue weighted by Crippen LogP contribution is 2.26. The van der Waals surface area contributed by atoms with Crippen LogP contribution in [0.5, 0.6) is 0 Å². The molecule has 0 atom stereocenters. The fraction of sp³-hybridized carbons (Fsp3) is 0.0455. The van der Waals surface area contributed by atoms with Gasteiger partial charge in [-0.2, -0.15) is 0 Å². The van der Waals surface area contributed by atoms with Gasteiger partial charge in [0.25, 0.3) is 0 Å². The number of fused-ring (bicyclic) bond motifs is 1. The summed E-state index contributed by atoms with van der Waals surface area (Å²) in [4.78, 5) is 29.7. The van der Waals surface area contributed by atoms with Crippen LogP contribution in [0.3, 0.4) is 0 Å². The fourth-order valence-electron chi connectivity index (χ4n) is 3.04. The van der Waals surface area contributed by atoms with Crippen molar-refractivity contribution >= 4 is 28.4 Å². The number of amides is 1. The van der Waals surface area contributed by atoms with Gasteiger partial charge in [-0.25, -0.2) is 4.98 Å². The molecule has 4 rings (SSSR count). The van der Waals surface area contributed by atoms with Crippen LogP contribution in [0.15, 0.2) is 82.1 Å². The molecular formula is C22H17N3O3. The van der Waals surface area contributed by atoms with Gasteiger partial charge in [0.2, 0.25) is 5.91 Å². The number of rotatable bonds is 4. The molecule has 138 valence electrons. The Morgan fingerprint density at radius 3 is 2.54 bits per heavy atom. The number of nitrogens with two attached hydrogens (primary N) is 1. The van der Waals surface area contributed by atoms with E-state index in [2.05, 4.69) is 10.3 Å². The van der Waals surface area contributed by atoms with Crippen molar-refractivity contribution in [3.63, 3.8) is 0 Å². The number of hydrogen-bond acceptors (Lipinski definition) is 5. The Labute approximate surface area is 160 Å². The minimum atomic E-state index is -0.375. The largest absolute Gasteiger partial charge is 0.456 e. The molecule has 0 bridgehead atoms. The highest BCUT2D eigenvalue weighted by molar-refractivity contribution is 5.95. The summed E-state index contributed by atoms with van der Waals surface area (Å²) in [6.45, 7) is 0. The van der Waals surface area contributed by atoms with Crippen molar-refractivity contribution in [3.8, 4) is 11.3 Å². The molecule has 0 aliphatic rings. The molecule has 6 heteroatoms. The van der Waals surface area contributed by atoms with Gasteiger partial charge in [0.1, 0.15) is 17.2 Å². The lowest BCUT2D eigenvalue weighted by Gasteiger charge is -2.11. The van der Waals surface area contributed by atoms with E-state index in [9.17, 15) is 9.59 Å².